The van der Waals surface area contributed by atoms with Crippen LogP contribution in [0.3, 0.4) is 0 Å². The Labute approximate surface area is 746 Å². The van der Waals surface area contributed by atoms with Crippen molar-refractivity contribution in [3.05, 3.63) is 0 Å². The minimum atomic E-state index is -0.786. The van der Waals surface area contributed by atoms with Crippen LogP contribution in [0.4, 0.5) is 0 Å². The second kappa shape index (κ2) is 91.8. The van der Waals surface area contributed by atoms with Gasteiger partial charge in [-0.05, 0) is 135 Å². The third kappa shape index (κ3) is 90.2. The van der Waals surface area contributed by atoms with Crippen molar-refractivity contribution in [2.75, 3.05) is 39.6 Å². The van der Waals surface area contributed by atoms with E-state index in [0.29, 0.717) is 64.2 Å². The highest BCUT2D eigenvalue weighted by atomic mass is 16.6. The summed E-state index contributed by atoms with van der Waals surface area (Å²) in [5.41, 5.74) is 0. The molecule has 6 atom stereocenters. The van der Waals surface area contributed by atoms with Gasteiger partial charge < -0.3 is 56.8 Å². The molecule has 0 aliphatic carbocycles. The normalized spacial score (nSPS) is 12.4. The molecule has 24 heteroatoms. The Balaban J connectivity index is -0.00000178. The summed E-state index contributed by atoms with van der Waals surface area (Å²) in [6.45, 7) is 22.0. The monoisotopic (exact) mass is 1750 g/mol. The van der Waals surface area contributed by atoms with Gasteiger partial charge in [-0.1, -0.05) is 274 Å². The predicted octanol–water partition coefficient (Wildman–Crippen LogP) is 24.5. The summed E-state index contributed by atoms with van der Waals surface area (Å²) in [5, 5.41) is 0. The zero-order valence-corrected chi connectivity index (χ0v) is 80.1. The van der Waals surface area contributed by atoms with Crippen LogP contribution >= 0.6 is 0 Å². The predicted molar refractivity (Wildman–Crippen MR) is 484 cm³/mol. The Morgan fingerprint density at radius 2 is 0.317 bits per heavy atom. The molecule has 0 radical (unpaired) electrons. The molecule has 0 aromatic carbocycles. The van der Waals surface area contributed by atoms with E-state index in [4.69, 9.17) is 56.8 Å². The number of carbonyl (C=O) groups is 12. The molecular formula is C99H180O24. The second-order valence-electron chi connectivity index (χ2n) is 33.4. The maximum Gasteiger partial charge on any atom is 0.306 e. The van der Waals surface area contributed by atoms with Crippen LogP contribution in [0.1, 0.15) is 488 Å². The molecule has 0 saturated heterocycles. The van der Waals surface area contributed by atoms with Gasteiger partial charge in [0.25, 0.3) is 0 Å². The fourth-order valence-electron chi connectivity index (χ4n) is 13.8. The average Bonchev–Trinajstić information content (AvgIpc) is 0.971. The van der Waals surface area contributed by atoms with Crippen LogP contribution in [0.2, 0.25) is 0 Å². The second-order valence-corrected chi connectivity index (χ2v) is 33.4. The molecule has 0 amide bonds. The number of hydrogen-bond donors (Lipinski definition) is 0. The van der Waals surface area contributed by atoms with Gasteiger partial charge in [-0.2, -0.15) is 0 Å². The summed E-state index contributed by atoms with van der Waals surface area (Å²) < 4.78 is 64.0. The molecule has 0 aliphatic heterocycles. The van der Waals surface area contributed by atoms with Gasteiger partial charge in [0.15, 0.2) is 18.3 Å². The van der Waals surface area contributed by atoms with Gasteiger partial charge in [0, 0.05) is 78.6 Å². The lowest BCUT2D eigenvalue weighted by Crippen LogP contribution is -2.30. The highest BCUT2D eigenvalue weighted by Crippen LogP contribution is 2.23. The lowest BCUT2D eigenvalue weighted by molar-refractivity contribution is -0.167. The first kappa shape index (κ1) is 121. The topological polar surface area (TPSA) is 316 Å². The van der Waals surface area contributed by atoms with Gasteiger partial charge in [-0.25, -0.2) is 0 Å². The van der Waals surface area contributed by atoms with Crippen molar-refractivity contribution < 1.29 is 114 Å². The zero-order chi connectivity index (χ0) is 91.7. The van der Waals surface area contributed by atoms with Crippen LogP contribution in [0.5, 0.6) is 0 Å². The van der Waals surface area contributed by atoms with Crippen LogP contribution < -0.4 is 0 Å². The molecule has 0 fully saturated rings. The largest absolute Gasteiger partial charge is 0.463 e. The molecule has 0 bridgehead atoms. The van der Waals surface area contributed by atoms with Gasteiger partial charge in [0.05, 0.1) is 0 Å². The van der Waals surface area contributed by atoms with E-state index in [1.54, 1.807) is 0 Å². The van der Waals surface area contributed by atoms with Gasteiger partial charge >= 0.3 is 71.6 Å². The summed E-state index contributed by atoms with van der Waals surface area (Å²) in [5.74, 6) is -3.69. The molecule has 0 spiro atoms. The fraction of sp³-hybridized carbons (Fsp3) is 0.879. The maximum absolute atomic E-state index is 12.3. The SMILES string of the molecule is CCCCCCC(CCCCCCCCCCC(=O)OCC(COC(=O)CCC)OC(=O)CCC)OC(=O)CCC.CCCCCCC(CCCCCCCCCCC(=O)OCC(COC(=O)CCCCC)OC(=O)CCCCC)OC(=O)CCCCC.CCCCCCC(CCCCCCCCCCC(=O)OCC(COC(C)=O)OC(C)=O)OC(C)=O. The lowest BCUT2D eigenvalue weighted by Gasteiger charge is -2.18. The smallest absolute Gasteiger partial charge is 0.306 e. The third-order valence-corrected chi connectivity index (χ3v) is 20.9. The average molecular weight is 1750 g/mol. The van der Waals surface area contributed by atoms with Crippen LogP contribution in [0.15, 0.2) is 0 Å². The molecule has 720 valence electrons. The van der Waals surface area contributed by atoms with E-state index < -0.39 is 36.2 Å². The molecule has 0 saturated carbocycles. The van der Waals surface area contributed by atoms with Crippen molar-refractivity contribution >= 4 is 71.6 Å². The number of rotatable bonds is 84. The van der Waals surface area contributed by atoms with Crippen LogP contribution in [0.25, 0.3) is 0 Å². The van der Waals surface area contributed by atoms with E-state index in [9.17, 15) is 57.5 Å². The standard InChI is InChI=1S/C39H72O8.C33H60O8.C27H48O8/c1-5-9-13-23-26-34(46-38(42)30-21-11-7-3)27-24-18-16-14-15-17-19-25-29-37(41)45-33-35(47-39(43)31-22-12-8-4)32-44-36(40)28-20-10-6-2;1-5-9-10-17-23-28(40-32(36)21-7-3)24-18-15-13-11-12-14-16-19-25-31(35)39-27-29(41-33(37)22-8-4)26-38-30(34)20-6-2;1-5-6-7-14-17-25(34-23(3)29)18-15-12-10-8-9-11-13-16-19-27(31)33-21-26(35-24(4)30)20-32-22(2)28/h34-35H,5-33H2,1-4H3;28-29H,5-27H2,1-4H3;25-26H,5-21H2,1-4H3. The van der Waals surface area contributed by atoms with E-state index in [1.165, 1.54) is 117 Å². The zero-order valence-electron chi connectivity index (χ0n) is 80.1. The van der Waals surface area contributed by atoms with E-state index >= 15 is 0 Å². The molecule has 0 aliphatic rings. The highest BCUT2D eigenvalue weighted by molar-refractivity contribution is 5.73. The molecule has 24 nitrogen and oxygen atoms in total. The molecule has 0 aromatic rings. The maximum atomic E-state index is 12.3. The van der Waals surface area contributed by atoms with Gasteiger partial charge in [-0.15, -0.1) is 0 Å². The number of hydrogen-bond acceptors (Lipinski definition) is 24. The Bertz CT molecular complexity index is 2580. The summed E-state index contributed by atoms with van der Waals surface area (Å²) in [7, 11) is 0. The van der Waals surface area contributed by atoms with Crippen molar-refractivity contribution in [3.63, 3.8) is 0 Å². The van der Waals surface area contributed by atoms with E-state index in [-0.39, 0.29) is 118 Å². The highest BCUT2D eigenvalue weighted by Gasteiger charge is 2.24. The van der Waals surface area contributed by atoms with Gasteiger partial charge in [0.2, 0.25) is 0 Å². The van der Waals surface area contributed by atoms with Crippen LogP contribution in [-0.2, 0) is 114 Å². The van der Waals surface area contributed by atoms with Crippen LogP contribution in [-0.4, -0.2) is 148 Å². The van der Waals surface area contributed by atoms with Crippen molar-refractivity contribution in [1.82, 2.24) is 0 Å². The Morgan fingerprint density at radius 1 is 0.154 bits per heavy atom. The lowest BCUT2D eigenvalue weighted by atomic mass is 10.0. The summed E-state index contributed by atoms with van der Waals surface area (Å²) in [4.78, 5) is 142. The van der Waals surface area contributed by atoms with Gasteiger partial charge in [-0.3, -0.25) is 57.5 Å². The van der Waals surface area contributed by atoms with Crippen molar-refractivity contribution in [2.45, 2.75) is 524 Å². The van der Waals surface area contributed by atoms with Crippen molar-refractivity contribution in [2.24, 2.45) is 0 Å². The fourth-order valence-corrected chi connectivity index (χ4v) is 13.8. The quantitative estimate of drug-likeness (QED) is 0.0310. The van der Waals surface area contributed by atoms with Gasteiger partial charge in [0.1, 0.15) is 58.0 Å². The molecule has 0 rings (SSSR count). The molecule has 0 aromatic heterocycles. The van der Waals surface area contributed by atoms with Crippen LogP contribution in [0, 0.1) is 0 Å². The number of unbranched alkanes of at least 4 members (excludes halogenated alkanes) is 36. The van der Waals surface area contributed by atoms with Crippen molar-refractivity contribution in [3.8, 4) is 0 Å². The third-order valence-electron chi connectivity index (χ3n) is 20.9. The summed E-state index contributed by atoms with van der Waals surface area (Å²) >= 11 is 0. The first-order chi connectivity index (χ1) is 59.4. The van der Waals surface area contributed by atoms with E-state index in [0.717, 1.165) is 238 Å². The first-order valence-electron chi connectivity index (χ1n) is 49.5. The Kier molecular flexibility index (Phi) is 90.2. The minimum absolute atomic E-state index is 0.0254. The number of ether oxygens (including phenoxy) is 12. The first-order valence-corrected chi connectivity index (χ1v) is 49.5. The molecule has 0 N–H and O–H groups in total. The Morgan fingerprint density at radius 3 is 0.561 bits per heavy atom. The summed E-state index contributed by atoms with van der Waals surface area (Å²) in [6.07, 6.45) is 57.5. The Hall–Kier alpha value is -6.36. The minimum Gasteiger partial charge on any atom is -0.463 e. The van der Waals surface area contributed by atoms with Crippen molar-refractivity contribution in [1.29, 1.82) is 0 Å². The molecule has 0 heterocycles. The molecule has 123 heavy (non-hydrogen) atoms. The number of esters is 12. The summed E-state index contributed by atoms with van der Waals surface area (Å²) in [6, 6.07) is 0. The molecule has 6 unspecified atom stereocenters. The van der Waals surface area contributed by atoms with E-state index in [2.05, 4.69) is 41.5 Å². The van der Waals surface area contributed by atoms with E-state index in [1.807, 2.05) is 20.8 Å². The molecular weight excluding hydrogens is 1570 g/mol. The number of carbonyl (C=O) groups excluding carboxylic acids is 12.